The molecule has 13 nitrogen and oxygen atoms in total. The zero-order valence-electron chi connectivity index (χ0n) is 32.5. The van der Waals surface area contributed by atoms with Crippen molar-refractivity contribution >= 4 is 39.9 Å². The number of carbonyl (C=O) groups excluding carboxylic acids is 1. The lowest BCUT2D eigenvalue weighted by molar-refractivity contribution is -0.135. The summed E-state index contributed by atoms with van der Waals surface area (Å²) >= 11 is 0. The number of aliphatic carboxylic acids is 1. The van der Waals surface area contributed by atoms with Gasteiger partial charge in [-0.25, -0.2) is 4.39 Å². The summed E-state index contributed by atoms with van der Waals surface area (Å²) in [5.41, 5.74) is 5.58. The van der Waals surface area contributed by atoms with Crippen molar-refractivity contribution in [2.75, 3.05) is 72.8 Å². The third kappa shape index (κ3) is 17.1. The van der Waals surface area contributed by atoms with Gasteiger partial charge in [0.15, 0.2) is 0 Å². The summed E-state index contributed by atoms with van der Waals surface area (Å²) in [4.78, 5) is 22.9. The van der Waals surface area contributed by atoms with Gasteiger partial charge in [-0.2, -0.15) is 0 Å². The highest BCUT2D eigenvalue weighted by Gasteiger charge is 2.25. The van der Waals surface area contributed by atoms with Crippen molar-refractivity contribution in [2.24, 2.45) is 5.92 Å². The number of nitrogens with one attached hydrogen (secondary N) is 1. The molecule has 0 bridgehead atoms. The number of allylic oxidation sites excluding steroid dienone is 2. The van der Waals surface area contributed by atoms with E-state index in [1.807, 2.05) is 36.0 Å². The van der Waals surface area contributed by atoms with Crippen LogP contribution in [0.4, 0.5) is 4.39 Å². The lowest BCUT2D eigenvalue weighted by atomic mass is 10.0. The average Bonchev–Trinajstić information content (AvgIpc) is 3.71. The second-order valence-electron chi connectivity index (χ2n) is 13.0. The van der Waals surface area contributed by atoms with E-state index in [2.05, 4.69) is 29.5 Å². The van der Waals surface area contributed by atoms with Gasteiger partial charge in [-0.05, 0) is 83.0 Å². The van der Waals surface area contributed by atoms with E-state index in [4.69, 9.17) is 28.8 Å². The second-order valence-corrected chi connectivity index (χ2v) is 14.4. The standard InChI is InChI=1S/C20H17FO3S.C20H38N4O6/c1-12-17(9-13-3-6-15(7-4-13)25(2)24)16-8-5-14(21)10-19(16)18(12)11-20(22)23;1-18(2)4-6-24-16-19(22-23-24)17-30-15-14-29-13-12-28-11-10-27-9-8-26-7-5-20(25)21-3/h3-10H,11H2,1-2H3,(H,22,23);16,18H,4-15,17H2,1-3H3,(H,21,25)/b17-9+;. The number of aromatic nitrogens is 3. The second kappa shape index (κ2) is 25.1. The first kappa shape index (κ1) is 45.3. The van der Waals surface area contributed by atoms with Crippen molar-refractivity contribution in [3.05, 3.63) is 82.4 Å². The van der Waals surface area contributed by atoms with E-state index in [-0.39, 0.29) is 18.1 Å². The van der Waals surface area contributed by atoms with Crippen molar-refractivity contribution in [1.29, 1.82) is 0 Å². The largest absolute Gasteiger partial charge is 0.481 e. The summed E-state index contributed by atoms with van der Waals surface area (Å²) in [5, 5.41) is 19.9. The Labute approximate surface area is 325 Å². The van der Waals surface area contributed by atoms with Crippen molar-refractivity contribution in [3.63, 3.8) is 0 Å². The summed E-state index contributed by atoms with van der Waals surface area (Å²) in [6.45, 7) is 11.9. The maximum Gasteiger partial charge on any atom is 0.307 e. The van der Waals surface area contributed by atoms with Crippen LogP contribution >= 0.6 is 0 Å². The number of carboxylic acid groups (broad SMARTS) is 1. The lowest BCUT2D eigenvalue weighted by Gasteiger charge is -2.07. The van der Waals surface area contributed by atoms with Crippen LogP contribution in [0, 0.1) is 11.7 Å². The number of carbonyl (C=O) groups is 2. The number of fused-ring (bicyclic) bond motifs is 1. The van der Waals surface area contributed by atoms with Crippen LogP contribution in [0.15, 0.2) is 59.1 Å². The number of hydrogen-bond donors (Lipinski definition) is 2. The summed E-state index contributed by atoms with van der Waals surface area (Å²) in [7, 11) is 0.570. The van der Waals surface area contributed by atoms with Crippen LogP contribution in [0.1, 0.15) is 62.4 Å². The van der Waals surface area contributed by atoms with E-state index < -0.39 is 16.8 Å². The molecule has 1 unspecified atom stereocenters. The summed E-state index contributed by atoms with van der Waals surface area (Å²) < 4.78 is 54.1. The molecule has 1 aliphatic rings. The number of amides is 1. The number of halogens is 1. The first-order chi connectivity index (χ1) is 26.5. The SMILES string of the molecule is CC1=C(CC(=O)O)c2cc(F)ccc2/C1=C/c1ccc(S(C)=O)cc1.CNC(=O)CCOCCOCCOCCOCCOCc1cn(CCC(C)C)nn1. The van der Waals surface area contributed by atoms with Gasteiger partial charge in [-0.1, -0.05) is 37.3 Å². The van der Waals surface area contributed by atoms with Crippen LogP contribution < -0.4 is 5.32 Å². The fourth-order valence-electron chi connectivity index (χ4n) is 5.31. The maximum absolute atomic E-state index is 13.7. The number of aryl methyl sites for hydroxylation is 1. The fourth-order valence-corrected chi connectivity index (χ4v) is 5.83. The van der Waals surface area contributed by atoms with Crippen LogP contribution in [0.3, 0.4) is 0 Å². The number of hydrogen-bond acceptors (Lipinski definition) is 10. The molecule has 0 fully saturated rings. The minimum Gasteiger partial charge on any atom is -0.481 e. The minimum atomic E-state index is -1.04. The van der Waals surface area contributed by atoms with Gasteiger partial charge < -0.3 is 34.1 Å². The van der Waals surface area contributed by atoms with Crippen LogP contribution in [0.25, 0.3) is 17.2 Å². The maximum atomic E-state index is 13.7. The molecule has 0 aliphatic heterocycles. The molecular formula is C40H55FN4O9S. The molecule has 0 saturated carbocycles. The molecule has 4 rings (SSSR count). The minimum absolute atomic E-state index is 0.0281. The van der Waals surface area contributed by atoms with Gasteiger partial charge in [0.25, 0.3) is 0 Å². The summed E-state index contributed by atoms with van der Waals surface area (Å²) in [5.74, 6) is -0.708. The monoisotopic (exact) mass is 786 g/mol. The predicted octanol–water partition coefficient (Wildman–Crippen LogP) is 5.41. The Balaban J connectivity index is 0.000000299. The molecule has 0 radical (unpaired) electrons. The fraction of sp³-hybridized carbons (Fsp3) is 0.500. The van der Waals surface area contributed by atoms with Gasteiger partial charge >= 0.3 is 5.97 Å². The molecule has 1 atom stereocenters. The quantitative estimate of drug-likeness (QED) is 0.112. The molecule has 1 heterocycles. The van der Waals surface area contributed by atoms with E-state index in [9.17, 15) is 18.2 Å². The number of rotatable bonds is 24. The zero-order chi connectivity index (χ0) is 40.0. The van der Waals surface area contributed by atoms with Crippen molar-refractivity contribution in [3.8, 4) is 0 Å². The number of ether oxygens (including phenoxy) is 5. The van der Waals surface area contributed by atoms with E-state index in [0.717, 1.165) is 45.8 Å². The zero-order valence-corrected chi connectivity index (χ0v) is 33.3. The molecule has 0 saturated heterocycles. The van der Waals surface area contributed by atoms with Gasteiger partial charge in [0.2, 0.25) is 5.91 Å². The van der Waals surface area contributed by atoms with Crippen LogP contribution in [0.2, 0.25) is 0 Å². The van der Waals surface area contributed by atoms with E-state index >= 15 is 0 Å². The Morgan fingerprint density at radius 1 is 0.909 bits per heavy atom. The third-order valence-corrected chi connectivity index (χ3v) is 9.25. The normalized spacial score (nSPS) is 13.5. The van der Waals surface area contributed by atoms with Crippen molar-refractivity contribution in [2.45, 2.75) is 58.1 Å². The van der Waals surface area contributed by atoms with E-state index in [1.165, 1.54) is 12.1 Å². The highest BCUT2D eigenvalue weighted by atomic mass is 32.2. The molecule has 302 valence electrons. The molecule has 55 heavy (non-hydrogen) atoms. The molecule has 15 heteroatoms. The Morgan fingerprint density at radius 2 is 1.51 bits per heavy atom. The Kier molecular flexibility index (Phi) is 20.7. The van der Waals surface area contributed by atoms with Gasteiger partial charge in [-0.15, -0.1) is 5.10 Å². The molecule has 3 aromatic rings. The third-order valence-electron chi connectivity index (χ3n) is 8.32. The van der Waals surface area contributed by atoms with E-state index in [1.54, 1.807) is 31.5 Å². The van der Waals surface area contributed by atoms with Gasteiger partial charge in [0, 0.05) is 42.0 Å². The van der Waals surface area contributed by atoms with Crippen LogP contribution in [-0.4, -0.2) is 109 Å². The Bertz CT molecular complexity index is 1730. The van der Waals surface area contributed by atoms with Gasteiger partial charge in [0.1, 0.15) is 11.5 Å². The number of carboxylic acids is 1. The molecule has 1 amide bonds. The molecule has 2 aromatic carbocycles. The first-order valence-electron chi connectivity index (χ1n) is 18.3. The molecule has 1 aromatic heterocycles. The van der Waals surface area contributed by atoms with Crippen LogP contribution in [0.5, 0.6) is 0 Å². The molecule has 1 aliphatic carbocycles. The van der Waals surface area contributed by atoms with Gasteiger partial charge in [0.05, 0.1) is 78.7 Å². The molecule has 2 N–H and O–H groups in total. The Morgan fingerprint density at radius 3 is 2.07 bits per heavy atom. The highest BCUT2D eigenvalue weighted by Crippen LogP contribution is 2.43. The first-order valence-corrected chi connectivity index (χ1v) is 19.9. The van der Waals surface area contributed by atoms with Crippen molar-refractivity contribution < 1.29 is 47.0 Å². The highest BCUT2D eigenvalue weighted by molar-refractivity contribution is 7.84. The topological polar surface area (TPSA) is 160 Å². The van der Waals surface area contributed by atoms with Crippen molar-refractivity contribution in [1.82, 2.24) is 20.3 Å². The smallest absolute Gasteiger partial charge is 0.307 e. The predicted molar refractivity (Wildman–Crippen MR) is 209 cm³/mol. The number of benzene rings is 2. The van der Waals surface area contributed by atoms with Gasteiger partial charge in [-0.3, -0.25) is 18.5 Å². The lowest BCUT2D eigenvalue weighted by Crippen LogP contribution is -2.20. The number of nitrogens with zero attached hydrogens (tertiary/aromatic N) is 3. The average molecular weight is 787 g/mol. The van der Waals surface area contributed by atoms with Crippen LogP contribution in [-0.2, 0) is 57.2 Å². The summed E-state index contributed by atoms with van der Waals surface area (Å²) in [6.07, 6.45) is 6.80. The Hall–Kier alpha value is -4.12. The summed E-state index contributed by atoms with van der Waals surface area (Å²) in [6, 6.07) is 11.8. The molecular weight excluding hydrogens is 732 g/mol. The van der Waals surface area contributed by atoms with E-state index in [0.29, 0.717) is 89.5 Å². The molecule has 0 spiro atoms.